The molecule has 1 spiro atoms. The van der Waals surface area contributed by atoms with Crippen molar-refractivity contribution in [3.8, 4) is 0 Å². The molecule has 0 bridgehead atoms. The van der Waals surface area contributed by atoms with E-state index in [1.54, 1.807) is 0 Å². The molecule has 0 saturated heterocycles. The third kappa shape index (κ3) is 3.00. The van der Waals surface area contributed by atoms with E-state index in [0.717, 1.165) is 21.9 Å². The number of hydrogen-bond donors (Lipinski definition) is 1. The Morgan fingerprint density at radius 1 is 1.32 bits per heavy atom. The number of amidine groups is 1. The van der Waals surface area contributed by atoms with E-state index >= 15 is 0 Å². The van der Waals surface area contributed by atoms with E-state index in [1.807, 2.05) is 11.8 Å². The van der Waals surface area contributed by atoms with Gasteiger partial charge in [-0.15, -0.1) is 0 Å². The second-order valence-corrected chi connectivity index (χ2v) is 7.52. The van der Waals surface area contributed by atoms with Gasteiger partial charge in [0.2, 0.25) is 0 Å². The lowest BCUT2D eigenvalue weighted by atomic mass is 9.89. The molecule has 2 aliphatic rings. The molecular formula is C15H19BrN2S. The minimum Gasteiger partial charge on any atom is -0.335 e. The second-order valence-electron chi connectivity index (χ2n) is 5.71. The fraction of sp³-hybridized carbons (Fsp3) is 0.533. The lowest BCUT2D eigenvalue weighted by Gasteiger charge is -2.31. The van der Waals surface area contributed by atoms with Gasteiger partial charge in [0.05, 0.1) is 0 Å². The predicted molar refractivity (Wildman–Crippen MR) is 88.2 cm³/mol. The monoisotopic (exact) mass is 338 g/mol. The van der Waals surface area contributed by atoms with E-state index < -0.39 is 0 Å². The molecule has 19 heavy (non-hydrogen) atoms. The number of hydrogen-bond acceptors (Lipinski definition) is 3. The van der Waals surface area contributed by atoms with Crippen molar-refractivity contribution >= 4 is 38.5 Å². The molecule has 102 valence electrons. The molecule has 4 heteroatoms. The zero-order valence-corrected chi connectivity index (χ0v) is 13.6. The fourth-order valence-electron chi connectivity index (χ4n) is 2.90. The average Bonchev–Trinajstić information content (AvgIpc) is 2.86. The van der Waals surface area contributed by atoms with Crippen LogP contribution < -0.4 is 5.32 Å². The lowest BCUT2D eigenvalue weighted by Crippen LogP contribution is -2.30. The average molecular weight is 339 g/mol. The van der Waals surface area contributed by atoms with Gasteiger partial charge in [0, 0.05) is 22.5 Å². The van der Waals surface area contributed by atoms with Gasteiger partial charge >= 0.3 is 0 Å². The number of rotatable bonds is 1. The third-order valence-electron chi connectivity index (χ3n) is 4.15. The van der Waals surface area contributed by atoms with Crippen molar-refractivity contribution in [3.05, 3.63) is 28.2 Å². The maximum absolute atomic E-state index is 4.77. The van der Waals surface area contributed by atoms with Crippen LogP contribution in [0, 0.1) is 12.3 Å². The maximum Gasteiger partial charge on any atom is 0.161 e. The fourth-order valence-corrected chi connectivity index (χ4v) is 4.32. The quantitative estimate of drug-likeness (QED) is 0.792. The normalized spacial score (nSPS) is 21.5. The van der Waals surface area contributed by atoms with Crippen LogP contribution >= 0.6 is 27.7 Å². The Kier molecular flexibility index (Phi) is 3.90. The number of aliphatic imine (C=N–C) groups is 1. The van der Waals surface area contributed by atoms with Gasteiger partial charge in [-0.1, -0.05) is 40.5 Å². The molecule has 1 aromatic carbocycles. The van der Waals surface area contributed by atoms with E-state index in [9.17, 15) is 0 Å². The highest BCUT2D eigenvalue weighted by atomic mass is 79.9. The Balaban J connectivity index is 1.67. The van der Waals surface area contributed by atoms with Crippen LogP contribution in [0.1, 0.15) is 31.2 Å². The highest BCUT2D eigenvalue weighted by molar-refractivity contribution is 9.10. The summed E-state index contributed by atoms with van der Waals surface area (Å²) in [6.07, 6.45) is 5.53. The van der Waals surface area contributed by atoms with Crippen molar-refractivity contribution in [1.29, 1.82) is 0 Å². The summed E-state index contributed by atoms with van der Waals surface area (Å²) in [6, 6.07) is 6.34. The summed E-state index contributed by atoms with van der Waals surface area (Å²) in [4.78, 5) is 4.77. The van der Waals surface area contributed by atoms with Crippen molar-refractivity contribution in [2.45, 2.75) is 32.6 Å². The Labute approximate surface area is 127 Å². The summed E-state index contributed by atoms with van der Waals surface area (Å²) in [7, 11) is 0. The van der Waals surface area contributed by atoms with Gasteiger partial charge in [-0.3, -0.25) is 4.99 Å². The number of benzene rings is 1. The van der Waals surface area contributed by atoms with Gasteiger partial charge in [0.1, 0.15) is 0 Å². The van der Waals surface area contributed by atoms with Gasteiger partial charge in [0.15, 0.2) is 5.17 Å². The summed E-state index contributed by atoms with van der Waals surface area (Å²) in [5.41, 5.74) is 2.90. The number of aryl methyl sites for hydroxylation is 1. The Bertz CT molecular complexity index is 507. The second kappa shape index (κ2) is 5.49. The van der Waals surface area contributed by atoms with Crippen LogP contribution in [0.3, 0.4) is 0 Å². The van der Waals surface area contributed by atoms with E-state index in [0.29, 0.717) is 5.41 Å². The Morgan fingerprint density at radius 3 is 2.74 bits per heavy atom. The molecule has 0 unspecified atom stereocenters. The minimum absolute atomic E-state index is 0.519. The molecule has 1 fully saturated rings. The lowest BCUT2D eigenvalue weighted by molar-refractivity contribution is 0.359. The zero-order valence-electron chi connectivity index (χ0n) is 11.2. The van der Waals surface area contributed by atoms with Crippen LogP contribution in [0.15, 0.2) is 27.7 Å². The summed E-state index contributed by atoms with van der Waals surface area (Å²) < 4.78 is 1.15. The third-order valence-corrected chi connectivity index (χ3v) is 6.30. The SMILES string of the molecule is Cc1cc(NC2=NCC3(CCCC3)CS2)ccc1Br. The molecular weight excluding hydrogens is 320 g/mol. The van der Waals surface area contributed by atoms with Gasteiger partial charge in [-0.2, -0.15) is 0 Å². The summed E-state index contributed by atoms with van der Waals surface area (Å²) in [6.45, 7) is 3.12. The van der Waals surface area contributed by atoms with Gasteiger partial charge in [-0.25, -0.2) is 0 Å². The Morgan fingerprint density at radius 2 is 2.11 bits per heavy atom. The number of anilines is 1. The molecule has 1 saturated carbocycles. The smallest absolute Gasteiger partial charge is 0.161 e. The van der Waals surface area contributed by atoms with Crippen LogP contribution in [0.2, 0.25) is 0 Å². The first kappa shape index (κ1) is 13.5. The predicted octanol–water partition coefficient (Wildman–Crippen LogP) is 4.83. The van der Waals surface area contributed by atoms with E-state index in [2.05, 4.69) is 46.4 Å². The summed E-state index contributed by atoms with van der Waals surface area (Å²) in [5, 5.41) is 4.53. The van der Waals surface area contributed by atoms with Crippen LogP contribution in [0.4, 0.5) is 5.69 Å². The number of thioether (sulfide) groups is 1. The first-order valence-electron chi connectivity index (χ1n) is 6.87. The zero-order chi connectivity index (χ0) is 13.3. The van der Waals surface area contributed by atoms with Crippen molar-refractivity contribution in [2.75, 3.05) is 17.6 Å². The number of halogens is 1. The van der Waals surface area contributed by atoms with E-state index in [-0.39, 0.29) is 0 Å². The topological polar surface area (TPSA) is 24.4 Å². The van der Waals surface area contributed by atoms with Crippen molar-refractivity contribution in [2.24, 2.45) is 10.4 Å². The molecule has 1 aliphatic heterocycles. The first-order chi connectivity index (χ1) is 9.17. The molecule has 1 N–H and O–H groups in total. The van der Waals surface area contributed by atoms with Crippen LogP contribution in [0.5, 0.6) is 0 Å². The van der Waals surface area contributed by atoms with Crippen molar-refractivity contribution in [3.63, 3.8) is 0 Å². The van der Waals surface area contributed by atoms with Crippen LogP contribution in [0.25, 0.3) is 0 Å². The molecule has 0 amide bonds. The molecule has 0 atom stereocenters. The largest absolute Gasteiger partial charge is 0.335 e. The van der Waals surface area contributed by atoms with E-state index in [4.69, 9.17) is 4.99 Å². The highest BCUT2D eigenvalue weighted by Gasteiger charge is 2.36. The first-order valence-corrected chi connectivity index (χ1v) is 8.65. The number of nitrogens with zero attached hydrogens (tertiary/aromatic N) is 1. The minimum atomic E-state index is 0.519. The van der Waals surface area contributed by atoms with Gasteiger partial charge in [-0.05, 0) is 48.9 Å². The molecule has 0 radical (unpaired) electrons. The maximum atomic E-state index is 4.77. The number of nitrogens with one attached hydrogen (secondary N) is 1. The van der Waals surface area contributed by atoms with Crippen molar-refractivity contribution in [1.82, 2.24) is 0 Å². The standard InChI is InChI=1S/C15H19BrN2S/c1-11-8-12(4-5-13(11)16)18-14-17-9-15(10-19-14)6-2-3-7-15/h4-5,8H,2-3,6-7,9-10H2,1H3,(H,17,18). The molecule has 2 nitrogen and oxygen atoms in total. The summed E-state index contributed by atoms with van der Waals surface area (Å²) in [5.74, 6) is 1.23. The van der Waals surface area contributed by atoms with Crippen LogP contribution in [-0.2, 0) is 0 Å². The van der Waals surface area contributed by atoms with Crippen LogP contribution in [-0.4, -0.2) is 17.5 Å². The molecule has 3 rings (SSSR count). The van der Waals surface area contributed by atoms with Gasteiger partial charge < -0.3 is 5.32 Å². The molecule has 1 heterocycles. The molecule has 0 aromatic heterocycles. The highest BCUT2D eigenvalue weighted by Crippen LogP contribution is 2.43. The molecule has 1 aromatic rings. The molecule has 1 aliphatic carbocycles. The Hall–Kier alpha value is -0.480. The van der Waals surface area contributed by atoms with Gasteiger partial charge in [0.25, 0.3) is 0 Å². The summed E-state index contributed by atoms with van der Waals surface area (Å²) >= 11 is 5.42. The van der Waals surface area contributed by atoms with E-state index in [1.165, 1.54) is 37.0 Å². The van der Waals surface area contributed by atoms with Crippen molar-refractivity contribution < 1.29 is 0 Å².